The summed E-state index contributed by atoms with van der Waals surface area (Å²) in [7, 11) is 1.58. The lowest BCUT2D eigenvalue weighted by molar-refractivity contribution is -0.121. The summed E-state index contributed by atoms with van der Waals surface area (Å²) in [5, 5.41) is 16.4. The number of carbonyl (C=O) groups excluding carboxylic acids is 1. The van der Waals surface area contributed by atoms with E-state index in [0.717, 1.165) is 5.56 Å². The minimum Gasteiger partial charge on any atom is -0.382 e. The van der Waals surface area contributed by atoms with Crippen LogP contribution < -0.4 is 5.32 Å². The van der Waals surface area contributed by atoms with Crippen molar-refractivity contribution in [3.8, 4) is 11.4 Å². The SMILES string of the molecule is COCCOCC(=O)Nc1cccc(-c2nn[nH]n2)c1. The molecule has 2 N–H and O–H groups in total. The van der Waals surface area contributed by atoms with Crippen LogP contribution in [0.2, 0.25) is 0 Å². The van der Waals surface area contributed by atoms with Crippen molar-refractivity contribution in [3.63, 3.8) is 0 Å². The summed E-state index contributed by atoms with van der Waals surface area (Å²) in [6.45, 7) is 0.823. The number of methoxy groups -OCH3 is 1. The molecule has 1 heterocycles. The number of nitrogens with zero attached hydrogens (tertiary/aromatic N) is 3. The van der Waals surface area contributed by atoms with Crippen molar-refractivity contribution < 1.29 is 14.3 Å². The lowest BCUT2D eigenvalue weighted by Crippen LogP contribution is -2.19. The van der Waals surface area contributed by atoms with E-state index in [2.05, 4.69) is 25.9 Å². The van der Waals surface area contributed by atoms with Crippen LogP contribution in [0.1, 0.15) is 0 Å². The van der Waals surface area contributed by atoms with Gasteiger partial charge in [-0.15, -0.1) is 10.2 Å². The quantitative estimate of drug-likeness (QED) is 0.713. The molecule has 0 aliphatic carbocycles. The molecule has 0 aliphatic rings. The molecule has 0 saturated carbocycles. The maximum Gasteiger partial charge on any atom is 0.250 e. The van der Waals surface area contributed by atoms with Crippen LogP contribution in [0.5, 0.6) is 0 Å². The molecule has 0 fully saturated rings. The van der Waals surface area contributed by atoms with E-state index >= 15 is 0 Å². The van der Waals surface area contributed by atoms with Crippen molar-refractivity contribution in [1.82, 2.24) is 20.6 Å². The Balaban J connectivity index is 1.90. The van der Waals surface area contributed by atoms with Gasteiger partial charge >= 0.3 is 0 Å². The molecule has 0 unspecified atom stereocenters. The van der Waals surface area contributed by atoms with Gasteiger partial charge in [0.15, 0.2) is 0 Å². The number of H-pyrrole nitrogens is 1. The summed E-state index contributed by atoms with van der Waals surface area (Å²) in [5.41, 5.74) is 1.41. The topological polar surface area (TPSA) is 102 Å². The highest BCUT2D eigenvalue weighted by molar-refractivity contribution is 5.92. The van der Waals surface area contributed by atoms with Crippen LogP contribution in [0.4, 0.5) is 5.69 Å². The zero-order valence-electron chi connectivity index (χ0n) is 11.0. The molecule has 0 aliphatic heterocycles. The maximum atomic E-state index is 11.6. The molecule has 0 atom stereocenters. The molecule has 2 aromatic rings. The molecular formula is C12H15N5O3. The average molecular weight is 277 g/mol. The number of ether oxygens (including phenoxy) is 2. The highest BCUT2D eigenvalue weighted by Gasteiger charge is 2.06. The molecule has 1 amide bonds. The van der Waals surface area contributed by atoms with E-state index in [0.29, 0.717) is 24.7 Å². The van der Waals surface area contributed by atoms with Gasteiger partial charge in [-0.3, -0.25) is 4.79 Å². The van der Waals surface area contributed by atoms with Crippen molar-refractivity contribution in [3.05, 3.63) is 24.3 Å². The molecule has 1 aromatic carbocycles. The fraction of sp³-hybridized carbons (Fsp3) is 0.333. The van der Waals surface area contributed by atoms with Crippen LogP contribution in [-0.2, 0) is 14.3 Å². The van der Waals surface area contributed by atoms with Crippen molar-refractivity contribution in [2.75, 3.05) is 32.2 Å². The van der Waals surface area contributed by atoms with Gasteiger partial charge in [0.05, 0.1) is 13.2 Å². The molecule has 106 valence electrons. The van der Waals surface area contributed by atoms with Crippen molar-refractivity contribution >= 4 is 11.6 Å². The second-order valence-electron chi connectivity index (χ2n) is 3.91. The summed E-state index contributed by atoms with van der Waals surface area (Å²) in [5.74, 6) is 0.240. The second kappa shape index (κ2) is 7.31. The van der Waals surface area contributed by atoms with Gasteiger partial charge in [0.25, 0.3) is 0 Å². The average Bonchev–Trinajstić information content (AvgIpc) is 2.98. The molecule has 0 saturated heterocycles. The van der Waals surface area contributed by atoms with Crippen LogP contribution in [0.3, 0.4) is 0 Å². The Kier molecular flexibility index (Phi) is 5.15. The van der Waals surface area contributed by atoms with Gasteiger partial charge in [-0.25, -0.2) is 0 Å². The first kappa shape index (κ1) is 14.1. The highest BCUT2D eigenvalue weighted by Crippen LogP contribution is 2.18. The Bertz CT molecular complexity index is 544. The molecule has 0 radical (unpaired) electrons. The van der Waals surface area contributed by atoms with Crippen LogP contribution in [0.15, 0.2) is 24.3 Å². The number of hydrogen-bond acceptors (Lipinski definition) is 6. The van der Waals surface area contributed by atoms with Crippen LogP contribution in [0, 0.1) is 0 Å². The zero-order chi connectivity index (χ0) is 14.2. The van der Waals surface area contributed by atoms with Crippen molar-refractivity contribution in [1.29, 1.82) is 0 Å². The molecule has 20 heavy (non-hydrogen) atoms. The number of tetrazole rings is 1. The number of amides is 1. The van der Waals surface area contributed by atoms with Gasteiger partial charge in [-0.05, 0) is 17.3 Å². The number of rotatable bonds is 7. The molecule has 8 nitrogen and oxygen atoms in total. The number of aromatic nitrogens is 4. The number of benzene rings is 1. The molecule has 0 spiro atoms. The molecule has 2 rings (SSSR count). The van der Waals surface area contributed by atoms with E-state index in [1.807, 2.05) is 6.07 Å². The van der Waals surface area contributed by atoms with Gasteiger partial charge in [0.1, 0.15) is 6.61 Å². The number of hydrogen-bond donors (Lipinski definition) is 2. The van der Waals surface area contributed by atoms with E-state index < -0.39 is 0 Å². The van der Waals surface area contributed by atoms with Crippen LogP contribution in [0.25, 0.3) is 11.4 Å². The number of carbonyl (C=O) groups is 1. The fourth-order valence-corrected chi connectivity index (χ4v) is 1.52. The molecule has 1 aromatic heterocycles. The first-order valence-electron chi connectivity index (χ1n) is 6.00. The largest absolute Gasteiger partial charge is 0.382 e. The number of nitrogens with one attached hydrogen (secondary N) is 2. The lowest BCUT2D eigenvalue weighted by Gasteiger charge is -2.06. The van der Waals surface area contributed by atoms with E-state index in [4.69, 9.17) is 9.47 Å². The summed E-state index contributed by atoms with van der Waals surface area (Å²) in [6.07, 6.45) is 0. The van der Waals surface area contributed by atoms with Crippen LogP contribution >= 0.6 is 0 Å². The minimum atomic E-state index is -0.230. The van der Waals surface area contributed by atoms with Crippen molar-refractivity contribution in [2.24, 2.45) is 0 Å². The lowest BCUT2D eigenvalue weighted by atomic mass is 10.2. The summed E-state index contributed by atoms with van der Waals surface area (Å²) >= 11 is 0. The molecular weight excluding hydrogens is 262 g/mol. The van der Waals surface area contributed by atoms with Crippen LogP contribution in [-0.4, -0.2) is 53.5 Å². The third-order valence-electron chi connectivity index (χ3n) is 2.41. The predicted octanol–water partition coefficient (Wildman–Crippen LogP) is 0.468. The van der Waals surface area contributed by atoms with Gasteiger partial charge in [-0.1, -0.05) is 12.1 Å². The first-order chi connectivity index (χ1) is 9.79. The Labute approximate surface area is 115 Å². The zero-order valence-corrected chi connectivity index (χ0v) is 11.0. The van der Waals surface area contributed by atoms with Gasteiger partial charge in [0.2, 0.25) is 11.7 Å². The summed E-state index contributed by atoms with van der Waals surface area (Å²) in [4.78, 5) is 11.6. The first-order valence-corrected chi connectivity index (χ1v) is 6.00. The summed E-state index contributed by atoms with van der Waals surface area (Å²) < 4.78 is 9.95. The fourth-order valence-electron chi connectivity index (χ4n) is 1.52. The van der Waals surface area contributed by atoms with E-state index in [1.165, 1.54) is 0 Å². The smallest absolute Gasteiger partial charge is 0.250 e. The Morgan fingerprint density at radius 2 is 2.30 bits per heavy atom. The van der Waals surface area contributed by atoms with Gasteiger partial charge < -0.3 is 14.8 Å². The minimum absolute atomic E-state index is 0.0181. The van der Waals surface area contributed by atoms with Gasteiger partial charge in [-0.2, -0.15) is 5.21 Å². The Hall–Kier alpha value is -2.32. The number of anilines is 1. The maximum absolute atomic E-state index is 11.6. The normalized spacial score (nSPS) is 10.4. The molecule has 0 bridgehead atoms. The highest BCUT2D eigenvalue weighted by atomic mass is 16.5. The Morgan fingerprint density at radius 3 is 3.05 bits per heavy atom. The summed E-state index contributed by atoms with van der Waals surface area (Å²) in [6, 6.07) is 7.16. The third-order valence-corrected chi connectivity index (χ3v) is 2.41. The molecule has 8 heteroatoms. The van der Waals surface area contributed by atoms with E-state index in [1.54, 1.807) is 25.3 Å². The predicted molar refractivity (Wildman–Crippen MR) is 70.9 cm³/mol. The Morgan fingerprint density at radius 1 is 1.40 bits per heavy atom. The van der Waals surface area contributed by atoms with E-state index in [-0.39, 0.29) is 12.5 Å². The monoisotopic (exact) mass is 277 g/mol. The van der Waals surface area contributed by atoms with Gasteiger partial charge in [0, 0.05) is 18.4 Å². The number of aromatic amines is 1. The second-order valence-corrected chi connectivity index (χ2v) is 3.91. The third kappa shape index (κ3) is 4.11. The standard InChI is InChI=1S/C12H15N5O3/c1-19-5-6-20-8-11(18)13-10-4-2-3-9(7-10)12-14-16-17-15-12/h2-4,7H,5-6,8H2,1H3,(H,13,18)(H,14,15,16,17). The van der Waals surface area contributed by atoms with E-state index in [9.17, 15) is 4.79 Å². The van der Waals surface area contributed by atoms with Crippen molar-refractivity contribution in [2.45, 2.75) is 0 Å².